The highest BCUT2D eigenvalue weighted by atomic mass is 19.1. The van der Waals surface area contributed by atoms with E-state index in [1.165, 1.54) is 11.6 Å². The van der Waals surface area contributed by atoms with E-state index in [1.54, 1.807) is 50.0 Å². The van der Waals surface area contributed by atoms with Crippen molar-refractivity contribution in [3.63, 3.8) is 0 Å². The molecule has 0 unspecified atom stereocenters. The van der Waals surface area contributed by atoms with Crippen LogP contribution in [0.5, 0.6) is 0 Å². The van der Waals surface area contributed by atoms with Crippen molar-refractivity contribution in [2.45, 2.75) is 58.7 Å². The van der Waals surface area contributed by atoms with Gasteiger partial charge in [-0.3, -0.25) is 4.40 Å². The van der Waals surface area contributed by atoms with Crippen LogP contribution in [-0.4, -0.2) is 36.0 Å². The Hall–Kier alpha value is -4.59. The summed E-state index contributed by atoms with van der Waals surface area (Å²) in [5, 5.41) is 15.3. The fourth-order valence-electron chi connectivity index (χ4n) is 4.49. The van der Waals surface area contributed by atoms with E-state index in [-0.39, 0.29) is 24.6 Å². The van der Waals surface area contributed by atoms with Gasteiger partial charge in [0.25, 0.3) is 0 Å². The van der Waals surface area contributed by atoms with Gasteiger partial charge in [0, 0.05) is 41.8 Å². The molecule has 0 saturated heterocycles. The zero-order chi connectivity index (χ0) is 26.9. The third kappa shape index (κ3) is 5.25. The second-order valence-corrected chi connectivity index (χ2v) is 10.0. The van der Waals surface area contributed by atoms with Gasteiger partial charge in [0.15, 0.2) is 11.3 Å². The third-order valence-corrected chi connectivity index (χ3v) is 6.18. The molecule has 10 nitrogen and oxygen atoms in total. The van der Waals surface area contributed by atoms with Crippen LogP contribution < -0.4 is 10.6 Å². The molecular formula is C27H27FN8O2. The number of rotatable bonds is 6. The number of alkyl carbamates (subject to hydrolysis) is 1. The number of carbonyl (C=O) groups is 1. The van der Waals surface area contributed by atoms with Gasteiger partial charge in [0.05, 0.1) is 12.7 Å². The molecule has 0 saturated carbocycles. The average Bonchev–Trinajstić information content (AvgIpc) is 3.54. The van der Waals surface area contributed by atoms with E-state index in [2.05, 4.69) is 36.6 Å². The lowest BCUT2D eigenvalue weighted by Crippen LogP contribution is -2.32. The molecule has 0 aliphatic heterocycles. The number of carbonyl (C=O) groups excluding carboxylic acids is 1. The number of benzene rings is 1. The molecule has 0 bridgehead atoms. The van der Waals surface area contributed by atoms with Gasteiger partial charge in [-0.1, -0.05) is 6.07 Å². The molecular weight excluding hydrogens is 487 g/mol. The largest absolute Gasteiger partial charge is 0.444 e. The van der Waals surface area contributed by atoms with Crippen molar-refractivity contribution >= 4 is 17.7 Å². The highest BCUT2D eigenvalue weighted by Gasteiger charge is 2.20. The first-order valence-corrected chi connectivity index (χ1v) is 12.3. The number of nitriles is 1. The molecule has 3 aromatic heterocycles. The van der Waals surface area contributed by atoms with Crippen molar-refractivity contribution < 1.29 is 13.9 Å². The Kier molecular flexibility index (Phi) is 6.63. The minimum Gasteiger partial charge on any atom is -0.444 e. The van der Waals surface area contributed by atoms with E-state index >= 15 is 0 Å². The van der Waals surface area contributed by atoms with Crippen LogP contribution >= 0.6 is 0 Å². The Balaban J connectivity index is 1.37. The maximum absolute atomic E-state index is 14.6. The van der Waals surface area contributed by atoms with Crippen molar-refractivity contribution in [2.24, 2.45) is 0 Å². The molecule has 1 aliphatic rings. The second kappa shape index (κ2) is 10.0. The number of nitrogens with zero attached hydrogens (tertiary/aromatic N) is 6. The van der Waals surface area contributed by atoms with Gasteiger partial charge >= 0.3 is 6.09 Å². The number of hydrogen-bond acceptors (Lipinski definition) is 8. The Morgan fingerprint density at radius 1 is 1.16 bits per heavy atom. The zero-order valence-corrected chi connectivity index (χ0v) is 21.4. The number of imidazole rings is 1. The van der Waals surface area contributed by atoms with E-state index in [0.29, 0.717) is 34.1 Å². The summed E-state index contributed by atoms with van der Waals surface area (Å²) in [7, 11) is 0. The number of fused-ring (bicyclic) bond motifs is 2. The predicted molar refractivity (Wildman–Crippen MR) is 138 cm³/mol. The predicted octanol–water partition coefficient (Wildman–Crippen LogP) is 4.32. The van der Waals surface area contributed by atoms with Crippen LogP contribution in [0.3, 0.4) is 0 Å². The number of amides is 1. The quantitative estimate of drug-likeness (QED) is 0.389. The van der Waals surface area contributed by atoms with Crippen molar-refractivity contribution in [3.05, 3.63) is 70.9 Å². The molecule has 4 aromatic rings. The number of aromatic nitrogens is 5. The number of halogens is 1. The molecule has 1 aromatic carbocycles. The monoisotopic (exact) mass is 514 g/mol. The Labute approximate surface area is 218 Å². The van der Waals surface area contributed by atoms with Gasteiger partial charge < -0.3 is 15.4 Å². The first-order valence-electron chi connectivity index (χ1n) is 12.3. The van der Waals surface area contributed by atoms with Crippen molar-refractivity contribution in [3.8, 4) is 17.2 Å². The van der Waals surface area contributed by atoms with Crippen LogP contribution in [0, 0.1) is 17.1 Å². The molecule has 38 heavy (non-hydrogen) atoms. The summed E-state index contributed by atoms with van der Waals surface area (Å²) in [4.78, 5) is 29.5. The fourth-order valence-corrected chi connectivity index (χ4v) is 4.49. The van der Waals surface area contributed by atoms with E-state index in [4.69, 9.17) is 4.74 Å². The Morgan fingerprint density at radius 3 is 2.68 bits per heavy atom. The molecule has 3 heterocycles. The van der Waals surface area contributed by atoms with E-state index < -0.39 is 11.7 Å². The van der Waals surface area contributed by atoms with Gasteiger partial charge in [-0.2, -0.15) is 5.26 Å². The first-order chi connectivity index (χ1) is 18.2. The Morgan fingerprint density at radius 2 is 1.95 bits per heavy atom. The standard InChI is InChI=1S/C27H27FN8O2/c1-27(2,3)38-26(37)34-14-23-30-10-17(11-31-23)20-12-32-25(36-15-18(9-29)35-24(20)36)33-13-21-19-6-4-5-16(19)7-8-22(21)28/h7-8,10-12,15H,4-6,13-14H2,1-3H3,(H,32,33)(H,34,37). The number of nitrogens with one attached hydrogen (secondary N) is 2. The van der Waals surface area contributed by atoms with Crippen molar-refractivity contribution in [1.29, 1.82) is 5.26 Å². The van der Waals surface area contributed by atoms with Gasteiger partial charge in [-0.25, -0.2) is 29.1 Å². The third-order valence-electron chi connectivity index (χ3n) is 6.18. The summed E-state index contributed by atoms with van der Waals surface area (Å²) >= 11 is 0. The maximum atomic E-state index is 14.6. The van der Waals surface area contributed by atoms with Crippen molar-refractivity contribution in [1.82, 2.24) is 29.7 Å². The molecule has 5 rings (SSSR count). The number of ether oxygens (including phenoxy) is 1. The summed E-state index contributed by atoms with van der Waals surface area (Å²) in [6.07, 6.45) is 8.70. The van der Waals surface area contributed by atoms with Gasteiger partial charge in [-0.05, 0) is 57.2 Å². The normalized spacial score (nSPS) is 12.7. The molecule has 11 heteroatoms. The Bertz CT molecular complexity index is 1550. The molecule has 1 aliphatic carbocycles. The second-order valence-electron chi connectivity index (χ2n) is 10.0. The lowest BCUT2D eigenvalue weighted by Gasteiger charge is -2.19. The van der Waals surface area contributed by atoms with Gasteiger partial charge in [0.1, 0.15) is 23.3 Å². The molecule has 0 spiro atoms. The number of hydrogen-bond donors (Lipinski definition) is 2. The fraction of sp³-hybridized carbons (Fsp3) is 0.333. The van der Waals surface area contributed by atoms with Crippen LogP contribution in [0.2, 0.25) is 0 Å². The van der Waals surface area contributed by atoms with Crippen LogP contribution in [0.25, 0.3) is 16.8 Å². The minimum absolute atomic E-state index is 0.105. The van der Waals surface area contributed by atoms with Crippen LogP contribution in [-0.2, 0) is 30.7 Å². The van der Waals surface area contributed by atoms with Crippen LogP contribution in [0.4, 0.5) is 15.1 Å². The SMILES string of the molecule is CC(C)(C)OC(=O)NCc1ncc(-c2cnc(NCc3c(F)ccc4c3CCC4)n3cc(C#N)nc23)cn1. The minimum atomic E-state index is -0.601. The highest BCUT2D eigenvalue weighted by Crippen LogP contribution is 2.29. The van der Waals surface area contributed by atoms with E-state index in [9.17, 15) is 14.4 Å². The maximum Gasteiger partial charge on any atom is 0.408 e. The summed E-state index contributed by atoms with van der Waals surface area (Å²) in [6, 6.07) is 5.44. The summed E-state index contributed by atoms with van der Waals surface area (Å²) in [5.41, 5.74) is 4.25. The molecule has 194 valence electrons. The van der Waals surface area contributed by atoms with E-state index in [0.717, 1.165) is 24.8 Å². The topological polar surface area (TPSA) is 130 Å². The molecule has 0 atom stereocenters. The summed E-state index contributed by atoms with van der Waals surface area (Å²) < 4.78 is 21.5. The van der Waals surface area contributed by atoms with Gasteiger partial charge in [-0.15, -0.1) is 0 Å². The first kappa shape index (κ1) is 25.1. The van der Waals surface area contributed by atoms with Gasteiger partial charge in [0.2, 0.25) is 5.95 Å². The molecule has 1 amide bonds. The smallest absolute Gasteiger partial charge is 0.408 e. The zero-order valence-electron chi connectivity index (χ0n) is 21.4. The molecule has 0 fully saturated rings. The molecule has 2 N–H and O–H groups in total. The lowest BCUT2D eigenvalue weighted by atomic mass is 10.0. The van der Waals surface area contributed by atoms with Crippen molar-refractivity contribution in [2.75, 3.05) is 5.32 Å². The number of anilines is 1. The average molecular weight is 515 g/mol. The summed E-state index contributed by atoms with van der Waals surface area (Å²) in [5.74, 6) is 0.597. The van der Waals surface area contributed by atoms with E-state index in [1.807, 2.05) is 6.07 Å². The lowest BCUT2D eigenvalue weighted by molar-refractivity contribution is 0.0522. The van der Waals surface area contributed by atoms with Crippen LogP contribution in [0.15, 0.2) is 36.9 Å². The number of aryl methyl sites for hydroxylation is 1. The highest BCUT2D eigenvalue weighted by molar-refractivity contribution is 5.77. The summed E-state index contributed by atoms with van der Waals surface area (Å²) in [6.45, 7) is 5.72. The molecule has 0 radical (unpaired) electrons. The van der Waals surface area contributed by atoms with Crippen LogP contribution in [0.1, 0.15) is 55.4 Å².